The second kappa shape index (κ2) is 10.6. The van der Waals surface area contributed by atoms with E-state index >= 15 is 0 Å². The van der Waals surface area contributed by atoms with Crippen LogP contribution in [0.2, 0.25) is 0 Å². The Kier molecular flexibility index (Phi) is 7.97. The van der Waals surface area contributed by atoms with Gasteiger partial charge in [-0.25, -0.2) is 17.9 Å². The van der Waals surface area contributed by atoms with Crippen LogP contribution in [0, 0.1) is 6.92 Å². The van der Waals surface area contributed by atoms with E-state index in [1.165, 1.54) is 18.0 Å². The van der Waals surface area contributed by atoms with Gasteiger partial charge in [-0.15, -0.1) is 0 Å². The van der Waals surface area contributed by atoms with Crippen LogP contribution in [0.25, 0.3) is 5.69 Å². The Morgan fingerprint density at radius 2 is 1.76 bits per heavy atom. The molecule has 0 radical (unpaired) electrons. The monoisotopic (exact) mass is 528 g/mol. The standard InChI is InChI=1S/C26H32N4O6S/c1-8-36-25(32)18-14-27-30(15-18)22-11-17(10-9-16(22)2)24(31)28-20-12-19(26(3,4)5)13-21(23(20)35-6)29-37(7,33)34/h9-15,29H,8H2,1-7H3,(H,28,31). The van der Waals surface area contributed by atoms with Gasteiger partial charge in [0, 0.05) is 11.8 Å². The Morgan fingerprint density at radius 1 is 1.08 bits per heavy atom. The maximum atomic E-state index is 13.3. The summed E-state index contributed by atoms with van der Waals surface area (Å²) >= 11 is 0. The van der Waals surface area contributed by atoms with Gasteiger partial charge in [-0.05, 0) is 54.7 Å². The van der Waals surface area contributed by atoms with E-state index in [4.69, 9.17) is 9.47 Å². The van der Waals surface area contributed by atoms with E-state index in [9.17, 15) is 18.0 Å². The molecule has 0 saturated carbocycles. The number of esters is 1. The first-order valence-electron chi connectivity index (χ1n) is 11.6. The molecule has 0 atom stereocenters. The number of benzene rings is 2. The molecule has 2 N–H and O–H groups in total. The summed E-state index contributed by atoms with van der Waals surface area (Å²) in [5.41, 5.74) is 3.06. The Morgan fingerprint density at radius 3 is 2.35 bits per heavy atom. The Labute approximate surface area is 217 Å². The van der Waals surface area contributed by atoms with Crippen LogP contribution in [0.5, 0.6) is 5.75 Å². The molecule has 11 heteroatoms. The van der Waals surface area contributed by atoms with E-state index in [-0.39, 0.29) is 23.5 Å². The molecular weight excluding hydrogens is 496 g/mol. The number of aryl methyl sites for hydroxylation is 1. The number of hydrogen-bond acceptors (Lipinski definition) is 7. The van der Waals surface area contributed by atoms with Gasteiger partial charge in [-0.1, -0.05) is 26.8 Å². The number of sulfonamides is 1. The van der Waals surface area contributed by atoms with E-state index in [0.717, 1.165) is 17.4 Å². The van der Waals surface area contributed by atoms with E-state index in [2.05, 4.69) is 15.1 Å². The summed E-state index contributed by atoms with van der Waals surface area (Å²) in [4.78, 5) is 25.4. The van der Waals surface area contributed by atoms with Crippen LogP contribution in [0.4, 0.5) is 11.4 Å². The lowest BCUT2D eigenvalue weighted by Crippen LogP contribution is -2.18. The van der Waals surface area contributed by atoms with Crippen LogP contribution in [0.15, 0.2) is 42.7 Å². The summed E-state index contributed by atoms with van der Waals surface area (Å²) in [5, 5.41) is 7.10. The van der Waals surface area contributed by atoms with Crippen LogP contribution in [0.3, 0.4) is 0 Å². The number of aromatic nitrogens is 2. The fourth-order valence-corrected chi connectivity index (χ4v) is 4.17. The molecule has 1 heterocycles. The largest absolute Gasteiger partial charge is 0.492 e. The molecule has 37 heavy (non-hydrogen) atoms. The number of amides is 1. The van der Waals surface area contributed by atoms with Crippen molar-refractivity contribution in [3.8, 4) is 11.4 Å². The van der Waals surface area contributed by atoms with Gasteiger partial charge in [-0.3, -0.25) is 9.52 Å². The molecule has 0 spiro atoms. The van der Waals surface area contributed by atoms with Gasteiger partial charge < -0.3 is 14.8 Å². The normalized spacial score (nSPS) is 11.6. The predicted octanol–water partition coefficient (Wildman–Crippen LogP) is 4.29. The highest BCUT2D eigenvalue weighted by molar-refractivity contribution is 7.92. The lowest BCUT2D eigenvalue weighted by Gasteiger charge is -2.24. The topological polar surface area (TPSA) is 129 Å². The number of hydrogen-bond donors (Lipinski definition) is 2. The van der Waals surface area contributed by atoms with Crippen molar-refractivity contribution in [2.24, 2.45) is 0 Å². The Balaban J connectivity index is 2.01. The van der Waals surface area contributed by atoms with Crippen molar-refractivity contribution < 1.29 is 27.5 Å². The SMILES string of the molecule is CCOC(=O)c1cnn(-c2cc(C(=O)Nc3cc(C(C)(C)C)cc(NS(C)(=O)=O)c3OC)ccc2C)c1. The number of ether oxygens (including phenoxy) is 2. The van der Waals surface area contributed by atoms with Crippen LogP contribution in [0.1, 0.15) is 59.5 Å². The zero-order chi connectivity index (χ0) is 27.5. The van der Waals surface area contributed by atoms with Crippen LogP contribution < -0.4 is 14.8 Å². The molecule has 0 aliphatic carbocycles. The second-order valence-corrected chi connectivity index (χ2v) is 11.3. The highest BCUT2D eigenvalue weighted by atomic mass is 32.2. The van der Waals surface area contributed by atoms with Crippen molar-refractivity contribution in [1.82, 2.24) is 9.78 Å². The van der Waals surface area contributed by atoms with Crippen molar-refractivity contribution in [1.29, 1.82) is 0 Å². The van der Waals surface area contributed by atoms with E-state index in [1.54, 1.807) is 43.5 Å². The minimum Gasteiger partial charge on any atom is -0.492 e. The molecule has 1 aromatic heterocycles. The quantitative estimate of drug-likeness (QED) is 0.417. The van der Waals surface area contributed by atoms with Gasteiger partial charge >= 0.3 is 5.97 Å². The third-order valence-electron chi connectivity index (χ3n) is 5.51. The molecule has 0 aliphatic rings. The van der Waals surface area contributed by atoms with Crippen molar-refractivity contribution >= 4 is 33.3 Å². The molecule has 0 bridgehead atoms. The molecule has 3 aromatic rings. The first kappa shape index (κ1) is 27.7. The number of carbonyl (C=O) groups excluding carboxylic acids is 2. The van der Waals surface area contributed by atoms with Crippen LogP contribution >= 0.6 is 0 Å². The smallest absolute Gasteiger partial charge is 0.341 e. The van der Waals surface area contributed by atoms with E-state index in [1.807, 2.05) is 27.7 Å². The van der Waals surface area contributed by atoms with E-state index < -0.39 is 21.9 Å². The van der Waals surface area contributed by atoms with Gasteiger partial charge in [0.1, 0.15) is 0 Å². The lowest BCUT2D eigenvalue weighted by molar-refractivity contribution is 0.0526. The minimum absolute atomic E-state index is 0.185. The number of nitrogens with zero attached hydrogens (tertiary/aromatic N) is 2. The van der Waals surface area contributed by atoms with Gasteiger partial charge in [0.05, 0.1) is 48.8 Å². The predicted molar refractivity (Wildman–Crippen MR) is 142 cm³/mol. The number of methoxy groups -OCH3 is 1. The summed E-state index contributed by atoms with van der Waals surface area (Å²) in [6.07, 6.45) is 4.00. The fourth-order valence-electron chi connectivity index (χ4n) is 3.62. The zero-order valence-corrected chi connectivity index (χ0v) is 22.8. The van der Waals surface area contributed by atoms with E-state index in [0.29, 0.717) is 22.5 Å². The lowest BCUT2D eigenvalue weighted by atomic mass is 9.86. The highest BCUT2D eigenvalue weighted by Gasteiger charge is 2.23. The summed E-state index contributed by atoms with van der Waals surface area (Å²) in [6.45, 7) is 9.77. The summed E-state index contributed by atoms with van der Waals surface area (Å²) in [6, 6.07) is 8.55. The first-order chi connectivity index (χ1) is 17.2. The molecule has 0 saturated heterocycles. The van der Waals surface area contributed by atoms with Gasteiger partial charge in [0.15, 0.2) is 5.75 Å². The third-order valence-corrected chi connectivity index (χ3v) is 6.11. The molecule has 3 rings (SSSR count). The third kappa shape index (κ3) is 6.67. The maximum absolute atomic E-state index is 13.3. The van der Waals surface area contributed by atoms with Gasteiger partial charge in [0.25, 0.3) is 5.91 Å². The van der Waals surface area contributed by atoms with Crippen molar-refractivity contribution in [2.45, 2.75) is 40.0 Å². The van der Waals surface area contributed by atoms with Crippen LogP contribution in [-0.4, -0.2) is 50.0 Å². The van der Waals surface area contributed by atoms with Gasteiger partial charge in [-0.2, -0.15) is 5.10 Å². The molecule has 10 nitrogen and oxygen atoms in total. The van der Waals surface area contributed by atoms with Crippen molar-refractivity contribution in [2.75, 3.05) is 30.0 Å². The average Bonchev–Trinajstić information content (AvgIpc) is 3.28. The summed E-state index contributed by atoms with van der Waals surface area (Å²) in [7, 11) is -2.20. The number of nitrogens with one attached hydrogen (secondary N) is 2. The maximum Gasteiger partial charge on any atom is 0.341 e. The highest BCUT2D eigenvalue weighted by Crippen LogP contribution is 2.39. The molecule has 198 valence electrons. The summed E-state index contributed by atoms with van der Waals surface area (Å²) < 4.78 is 38.4. The molecule has 0 unspecified atom stereocenters. The molecule has 1 amide bonds. The number of carbonyl (C=O) groups is 2. The molecule has 0 fully saturated rings. The van der Waals surface area contributed by atoms with Crippen molar-refractivity contribution in [3.05, 3.63) is 65.0 Å². The Bertz CT molecular complexity index is 1440. The minimum atomic E-state index is -3.60. The van der Waals surface area contributed by atoms with Gasteiger partial charge in [0.2, 0.25) is 10.0 Å². The van der Waals surface area contributed by atoms with Crippen LogP contribution in [-0.2, 0) is 20.2 Å². The fraction of sp³-hybridized carbons (Fsp3) is 0.346. The molecule has 0 aliphatic heterocycles. The first-order valence-corrected chi connectivity index (χ1v) is 13.5. The second-order valence-electron chi connectivity index (χ2n) is 9.58. The van der Waals surface area contributed by atoms with Crippen molar-refractivity contribution in [3.63, 3.8) is 0 Å². The molecule has 2 aromatic carbocycles. The number of rotatable bonds is 8. The Hall–Kier alpha value is -3.86. The zero-order valence-electron chi connectivity index (χ0n) is 22.0. The summed E-state index contributed by atoms with van der Waals surface area (Å²) in [5.74, 6) is -0.733. The number of anilines is 2. The molecular formula is C26H32N4O6S. The average molecular weight is 529 g/mol.